The van der Waals surface area contributed by atoms with Gasteiger partial charge in [-0.05, 0) is 50.6 Å². The van der Waals surface area contributed by atoms with Crippen LogP contribution in [0.15, 0.2) is 18.2 Å². The predicted octanol–water partition coefficient (Wildman–Crippen LogP) is 3.04. The fraction of sp³-hybridized carbons (Fsp3) is 0.571. The molecule has 0 saturated heterocycles. The first-order chi connectivity index (χ1) is 8.74. The molecule has 3 nitrogen and oxygen atoms in total. The van der Waals surface area contributed by atoms with E-state index in [9.17, 15) is 0 Å². The van der Waals surface area contributed by atoms with Crippen molar-refractivity contribution in [2.24, 2.45) is 0 Å². The van der Waals surface area contributed by atoms with Crippen molar-refractivity contribution >= 4 is 11.6 Å². The van der Waals surface area contributed by atoms with E-state index in [4.69, 9.17) is 21.1 Å². The average molecular weight is 272 g/mol. The quantitative estimate of drug-likeness (QED) is 0.701. The molecule has 0 atom stereocenters. The molecule has 1 rings (SSSR count). The summed E-state index contributed by atoms with van der Waals surface area (Å²) >= 11 is 5.95. The van der Waals surface area contributed by atoms with Crippen LogP contribution in [-0.4, -0.2) is 32.9 Å². The summed E-state index contributed by atoms with van der Waals surface area (Å²) in [5.74, 6) is 0.869. The number of ether oxygens (including phenoxy) is 2. The molecule has 0 radical (unpaired) electrons. The summed E-state index contributed by atoms with van der Waals surface area (Å²) in [7, 11) is 0. The fourth-order valence-corrected chi connectivity index (χ4v) is 1.63. The van der Waals surface area contributed by atoms with Gasteiger partial charge in [0.15, 0.2) is 0 Å². The Labute approximate surface area is 114 Å². The first kappa shape index (κ1) is 15.3. The Bertz CT molecular complexity index is 345. The maximum atomic E-state index is 5.95. The minimum Gasteiger partial charge on any atom is -0.492 e. The van der Waals surface area contributed by atoms with Crippen molar-refractivity contribution in [3.8, 4) is 5.75 Å². The molecule has 0 aliphatic rings. The maximum absolute atomic E-state index is 5.95. The van der Waals surface area contributed by atoms with E-state index >= 15 is 0 Å². The van der Waals surface area contributed by atoms with Crippen LogP contribution in [0.3, 0.4) is 0 Å². The largest absolute Gasteiger partial charge is 0.492 e. The molecule has 0 aliphatic heterocycles. The monoisotopic (exact) mass is 271 g/mol. The predicted molar refractivity (Wildman–Crippen MR) is 75.7 cm³/mol. The molecule has 0 bridgehead atoms. The summed E-state index contributed by atoms with van der Waals surface area (Å²) in [6.07, 6.45) is 1.04. The van der Waals surface area contributed by atoms with Gasteiger partial charge in [0.25, 0.3) is 0 Å². The van der Waals surface area contributed by atoms with Gasteiger partial charge in [0.1, 0.15) is 12.4 Å². The van der Waals surface area contributed by atoms with E-state index in [0.29, 0.717) is 6.61 Å². The van der Waals surface area contributed by atoms with E-state index in [1.165, 1.54) is 0 Å². The SMILES string of the molecule is CCOCCCNCCOc1ccc(Cl)c(C)c1. The molecule has 0 heterocycles. The van der Waals surface area contributed by atoms with Crippen LogP contribution in [0.4, 0.5) is 0 Å². The summed E-state index contributed by atoms with van der Waals surface area (Å²) in [6, 6.07) is 5.71. The van der Waals surface area contributed by atoms with Gasteiger partial charge in [0.2, 0.25) is 0 Å². The Kier molecular flexibility index (Phi) is 7.81. The van der Waals surface area contributed by atoms with Crippen LogP contribution in [0, 0.1) is 6.92 Å². The Morgan fingerprint density at radius 2 is 2.06 bits per heavy atom. The normalized spacial score (nSPS) is 10.6. The van der Waals surface area contributed by atoms with E-state index in [1.807, 2.05) is 32.0 Å². The van der Waals surface area contributed by atoms with Gasteiger partial charge in [-0.3, -0.25) is 0 Å². The van der Waals surface area contributed by atoms with Crippen LogP contribution >= 0.6 is 11.6 Å². The van der Waals surface area contributed by atoms with Gasteiger partial charge in [-0.2, -0.15) is 0 Å². The minimum atomic E-state index is 0.662. The second kappa shape index (κ2) is 9.20. The second-order valence-electron chi connectivity index (χ2n) is 4.06. The summed E-state index contributed by atoms with van der Waals surface area (Å²) in [6.45, 7) is 8.06. The van der Waals surface area contributed by atoms with E-state index in [-0.39, 0.29) is 0 Å². The van der Waals surface area contributed by atoms with E-state index in [0.717, 1.165) is 49.1 Å². The summed E-state index contributed by atoms with van der Waals surface area (Å²) in [5, 5.41) is 4.08. The highest BCUT2D eigenvalue weighted by Crippen LogP contribution is 2.20. The van der Waals surface area contributed by atoms with Crippen molar-refractivity contribution in [2.75, 3.05) is 32.9 Å². The van der Waals surface area contributed by atoms with Gasteiger partial charge in [0, 0.05) is 24.8 Å². The Morgan fingerprint density at radius 3 is 2.78 bits per heavy atom. The average Bonchev–Trinajstić information content (AvgIpc) is 2.37. The summed E-state index contributed by atoms with van der Waals surface area (Å²) < 4.78 is 10.9. The molecule has 0 spiro atoms. The zero-order chi connectivity index (χ0) is 13.2. The minimum absolute atomic E-state index is 0.662. The molecule has 0 saturated carbocycles. The van der Waals surface area contributed by atoms with Crippen molar-refractivity contribution in [3.63, 3.8) is 0 Å². The number of nitrogens with one attached hydrogen (secondary N) is 1. The molecule has 0 aromatic heterocycles. The highest BCUT2D eigenvalue weighted by molar-refractivity contribution is 6.31. The molecule has 1 aromatic rings. The third kappa shape index (κ3) is 6.24. The topological polar surface area (TPSA) is 30.5 Å². The first-order valence-electron chi connectivity index (χ1n) is 6.41. The van der Waals surface area contributed by atoms with E-state index in [2.05, 4.69) is 5.32 Å². The second-order valence-corrected chi connectivity index (χ2v) is 4.47. The van der Waals surface area contributed by atoms with Gasteiger partial charge in [0.05, 0.1) is 0 Å². The lowest BCUT2D eigenvalue weighted by atomic mass is 10.2. The molecule has 1 aromatic carbocycles. The number of hydrogen-bond acceptors (Lipinski definition) is 3. The molecule has 4 heteroatoms. The molecular weight excluding hydrogens is 250 g/mol. The van der Waals surface area contributed by atoms with Gasteiger partial charge >= 0.3 is 0 Å². The maximum Gasteiger partial charge on any atom is 0.119 e. The smallest absolute Gasteiger partial charge is 0.119 e. The van der Waals surface area contributed by atoms with Crippen molar-refractivity contribution < 1.29 is 9.47 Å². The standard InChI is InChI=1S/C14H22ClNO2/c1-3-17-9-4-7-16-8-10-18-13-5-6-14(15)12(2)11-13/h5-6,11,16H,3-4,7-10H2,1-2H3. The number of hydrogen-bond donors (Lipinski definition) is 1. The van der Waals surface area contributed by atoms with Crippen molar-refractivity contribution in [3.05, 3.63) is 28.8 Å². The summed E-state index contributed by atoms with van der Waals surface area (Å²) in [4.78, 5) is 0. The lowest BCUT2D eigenvalue weighted by molar-refractivity contribution is 0.144. The summed E-state index contributed by atoms with van der Waals surface area (Å²) in [5.41, 5.74) is 1.04. The molecule has 0 amide bonds. The molecule has 18 heavy (non-hydrogen) atoms. The molecule has 1 N–H and O–H groups in total. The van der Waals surface area contributed by atoms with Crippen molar-refractivity contribution in [2.45, 2.75) is 20.3 Å². The van der Waals surface area contributed by atoms with Crippen LogP contribution in [0.25, 0.3) is 0 Å². The Morgan fingerprint density at radius 1 is 1.22 bits per heavy atom. The van der Waals surface area contributed by atoms with Crippen LogP contribution in [0.2, 0.25) is 5.02 Å². The number of benzene rings is 1. The molecule has 102 valence electrons. The first-order valence-corrected chi connectivity index (χ1v) is 6.79. The number of rotatable bonds is 9. The zero-order valence-corrected chi connectivity index (χ0v) is 11.9. The lowest BCUT2D eigenvalue weighted by Crippen LogP contribution is -2.23. The lowest BCUT2D eigenvalue weighted by Gasteiger charge is -2.08. The van der Waals surface area contributed by atoms with Crippen LogP contribution in [-0.2, 0) is 4.74 Å². The van der Waals surface area contributed by atoms with Crippen molar-refractivity contribution in [1.82, 2.24) is 5.32 Å². The van der Waals surface area contributed by atoms with Crippen LogP contribution in [0.5, 0.6) is 5.75 Å². The van der Waals surface area contributed by atoms with Gasteiger partial charge in [-0.15, -0.1) is 0 Å². The van der Waals surface area contributed by atoms with E-state index < -0.39 is 0 Å². The number of halogens is 1. The third-order valence-electron chi connectivity index (χ3n) is 2.52. The van der Waals surface area contributed by atoms with Crippen molar-refractivity contribution in [1.29, 1.82) is 0 Å². The molecule has 0 fully saturated rings. The van der Waals surface area contributed by atoms with Gasteiger partial charge < -0.3 is 14.8 Å². The third-order valence-corrected chi connectivity index (χ3v) is 2.95. The van der Waals surface area contributed by atoms with Gasteiger partial charge in [-0.1, -0.05) is 11.6 Å². The molecular formula is C14H22ClNO2. The highest BCUT2D eigenvalue weighted by Gasteiger charge is 1.98. The number of aryl methyl sites for hydroxylation is 1. The van der Waals surface area contributed by atoms with Crippen LogP contribution in [0.1, 0.15) is 18.9 Å². The zero-order valence-electron chi connectivity index (χ0n) is 11.2. The van der Waals surface area contributed by atoms with Crippen LogP contribution < -0.4 is 10.1 Å². The highest BCUT2D eigenvalue weighted by atomic mass is 35.5. The fourth-order valence-electron chi connectivity index (χ4n) is 1.52. The van der Waals surface area contributed by atoms with Gasteiger partial charge in [-0.25, -0.2) is 0 Å². The molecule has 0 unspecified atom stereocenters. The molecule has 0 aliphatic carbocycles. The van der Waals surface area contributed by atoms with E-state index in [1.54, 1.807) is 0 Å². The Hall–Kier alpha value is -0.770. The Balaban J connectivity index is 2.05.